The smallest absolute Gasteiger partial charge is 0.338 e. The fourth-order valence-electron chi connectivity index (χ4n) is 5.77. The second-order valence-corrected chi connectivity index (χ2v) is 13.6. The van der Waals surface area contributed by atoms with E-state index >= 15 is 0 Å². The molecule has 1 aliphatic rings. The van der Waals surface area contributed by atoms with Crippen LogP contribution < -0.4 is 0 Å². The molecule has 1 fully saturated rings. The zero-order valence-electron chi connectivity index (χ0n) is 27.9. The van der Waals surface area contributed by atoms with Crippen LogP contribution in [0.25, 0.3) is 10.4 Å². The van der Waals surface area contributed by atoms with Crippen molar-refractivity contribution in [2.75, 3.05) is 0 Å². The average Bonchev–Trinajstić information content (AvgIpc) is 3.05. The topological polar surface area (TPSA) is 135 Å². The highest BCUT2D eigenvalue weighted by molar-refractivity contribution is 6.31. The quantitative estimate of drug-likeness (QED) is 0.0911. The molecule has 1 amide bonds. The number of hydrogen-bond donors (Lipinski definition) is 0. The number of azide groups is 1. The van der Waals surface area contributed by atoms with Gasteiger partial charge in [-0.15, -0.1) is 0 Å². The van der Waals surface area contributed by atoms with E-state index in [1.807, 2.05) is 6.07 Å². The summed E-state index contributed by atoms with van der Waals surface area (Å²) < 4.78 is 11.7. The lowest BCUT2D eigenvalue weighted by Gasteiger charge is -2.32. The van der Waals surface area contributed by atoms with Crippen LogP contribution in [-0.4, -0.2) is 45.5 Å². The van der Waals surface area contributed by atoms with E-state index in [4.69, 9.17) is 21.1 Å². The van der Waals surface area contributed by atoms with E-state index in [1.54, 1.807) is 63.5 Å². The first kappa shape index (κ1) is 36.4. The summed E-state index contributed by atoms with van der Waals surface area (Å²) in [4.78, 5) is 50.0. The second-order valence-electron chi connectivity index (χ2n) is 13.2. The molecule has 1 atom stereocenters. The van der Waals surface area contributed by atoms with E-state index in [9.17, 15) is 19.9 Å². The molecule has 48 heavy (non-hydrogen) atoms. The first-order valence-electron chi connectivity index (χ1n) is 16.6. The summed E-state index contributed by atoms with van der Waals surface area (Å²) in [5.41, 5.74) is 10.5. The number of carbonyl (C=O) groups excluding carboxylic acids is 3. The number of benzene rings is 2. The van der Waals surface area contributed by atoms with Gasteiger partial charge in [0.2, 0.25) is 0 Å². The Kier molecular flexibility index (Phi) is 13.4. The molecule has 0 spiro atoms. The van der Waals surface area contributed by atoms with Gasteiger partial charge in [-0.2, -0.15) is 0 Å². The number of esters is 2. The maximum atomic E-state index is 14.5. The molecule has 4 rings (SSSR count). The first-order chi connectivity index (χ1) is 23.0. The van der Waals surface area contributed by atoms with Gasteiger partial charge in [-0.1, -0.05) is 67.0 Å². The molecule has 0 N–H and O–H groups in total. The van der Waals surface area contributed by atoms with E-state index in [0.717, 1.165) is 44.1 Å². The molecule has 10 nitrogen and oxygen atoms in total. The van der Waals surface area contributed by atoms with Crippen LogP contribution in [0.2, 0.25) is 5.02 Å². The lowest BCUT2D eigenvalue weighted by molar-refractivity contribution is -0.155. The molecule has 0 aliphatic heterocycles. The molecule has 1 saturated carbocycles. The summed E-state index contributed by atoms with van der Waals surface area (Å²) in [5.74, 6) is -1.52. The van der Waals surface area contributed by atoms with Crippen LogP contribution in [0.15, 0.2) is 72.1 Å². The standard InChI is InChI=1S/C37H44ClN5O5/c1-37(2,3)48-35(45)28-17-15-26(16-18-28)25-43(34(44)31-20-19-29(38)23-32(31)41-42-39)33(22-27-12-11-21-40-24-27)36(46)47-30-13-9-7-5-4-6-8-10-14-30/h11-12,15-21,23-24,30,33H,4-10,13-14,22,25H2,1-3H3/t33-/m1/s1. The SMILES string of the molecule is CC(C)(C)OC(=O)c1ccc(CN(C(=O)c2ccc(Cl)cc2N=[N+]=[N-])[C@H](Cc2cccnc2)C(=O)OC2CCCCCCCCC2)cc1. The Labute approximate surface area is 287 Å². The van der Waals surface area contributed by atoms with Crippen molar-refractivity contribution in [1.82, 2.24) is 9.88 Å². The van der Waals surface area contributed by atoms with E-state index in [0.29, 0.717) is 16.1 Å². The van der Waals surface area contributed by atoms with Crippen LogP contribution in [0.1, 0.15) is 110 Å². The van der Waals surface area contributed by atoms with E-state index in [1.165, 1.54) is 42.4 Å². The lowest BCUT2D eigenvalue weighted by Crippen LogP contribution is -2.47. The zero-order chi connectivity index (χ0) is 34.5. The molecule has 1 aliphatic carbocycles. The van der Waals surface area contributed by atoms with Crippen molar-refractivity contribution in [2.24, 2.45) is 5.11 Å². The average molecular weight is 674 g/mol. The number of aromatic nitrogens is 1. The number of nitrogens with zero attached hydrogens (tertiary/aromatic N) is 5. The minimum absolute atomic E-state index is 0.00351. The zero-order valence-corrected chi connectivity index (χ0v) is 28.7. The number of hydrogen-bond acceptors (Lipinski definition) is 7. The van der Waals surface area contributed by atoms with Gasteiger partial charge in [0.05, 0.1) is 11.3 Å². The Hall–Kier alpha value is -4.40. The fraction of sp³-hybridized carbons (Fsp3) is 0.459. The number of carbonyl (C=O) groups is 3. The molecule has 0 bridgehead atoms. The monoisotopic (exact) mass is 673 g/mol. The van der Waals surface area contributed by atoms with Crippen LogP contribution in [-0.2, 0) is 27.2 Å². The van der Waals surface area contributed by atoms with Crippen LogP contribution >= 0.6 is 11.6 Å². The van der Waals surface area contributed by atoms with Crippen molar-refractivity contribution < 1.29 is 23.9 Å². The molecule has 1 heterocycles. The van der Waals surface area contributed by atoms with Gasteiger partial charge in [0.1, 0.15) is 17.7 Å². The number of amides is 1. The van der Waals surface area contributed by atoms with Crippen LogP contribution in [0.4, 0.5) is 5.69 Å². The Bertz CT molecular complexity index is 1580. The minimum Gasteiger partial charge on any atom is -0.461 e. The highest BCUT2D eigenvalue weighted by atomic mass is 35.5. The molecule has 2 aromatic carbocycles. The summed E-state index contributed by atoms with van der Waals surface area (Å²) in [6, 6.07) is 13.7. The van der Waals surface area contributed by atoms with E-state index in [2.05, 4.69) is 15.0 Å². The predicted molar refractivity (Wildman–Crippen MR) is 185 cm³/mol. The van der Waals surface area contributed by atoms with Gasteiger partial charge in [0.25, 0.3) is 5.91 Å². The molecular formula is C37H44ClN5O5. The maximum absolute atomic E-state index is 14.5. The highest BCUT2D eigenvalue weighted by Crippen LogP contribution is 2.29. The lowest BCUT2D eigenvalue weighted by atomic mass is 9.98. The molecule has 254 valence electrons. The minimum atomic E-state index is -1.04. The third-order valence-corrected chi connectivity index (χ3v) is 8.42. The number of rotatable bonds is 10. The van der Waals surface area contributed by atoms with Crippen molar-refractivity contribution in [3.8, 4) is 0 Å². The number of ether oxygens (including phenoxy) is 2. The molecule has 11 heteroatoms. The molecule has 0 unspecified atom stereocenters. The van der Waals surface area contributed by atoms with Crippen LogP contribution in [0, 0.1) is 0 Å². The van der Waals surface area contributed by atoms with Gasteiger partial charge in [-0.25, -0.2) is 9.59 Å². The van der Waals surface area contributed by atoms with Crippen molar-refractivity contribution in [3.05, 3.63) is 105 Å². The summed E-state index contributed by atoms with van der Waals surface area (Å²) >= 11 is 6.20. The van der Waals surface area contributed by atoms with Gasteiger partial charge in [0.15, 0.2) is 0 Å². The van der Waals surface area contributed by atoms with Crippen molar-refractivity contribution in [2.45, 2.75) is 109 Å². The Morgan fingerprint density at radius 2 is 1.65 bits per heavy atom. The van der Waals surface area contributed by atoms with Crippen LogP contribution in [0.3, 0.4) is 0 Å². The second kappa shape index (κ2) is 17.7. The molecular weight excluding hydrogens is 630 g/mol. The number of halogens is 1. The van der Waals surface area contributed by atoms with Crippen molar-refractivity contribution >= 4 is 35.1 Å². The summed E-state index contributed by atoms with van der Waals surface area (Å²) in [5, 5.41) is 4.02. The summed E-state index contributed by atoms with van der Waals surface area (Å²) in [6.45, 7) is 5.39. The summed E-state index contributed by atoms with van der Waals surface area (Å²) in [7, 11) is 0. The first-order valence-corrected chi connectivity index (χ1v) is 17.0. The van der Waals surface area contributed by atoms with Gasteiger partial charge >= 0.3 is 11.9 Å². The molecule has 0 radical (unpaired) electrons. The van der Waals surface area contributed by atoms with E-state index in [-0.39, 0.29) is 30.3 Å². The summed E-state index contributed by atoms with van der Waals surface area (Å²) in [6.07, 6.45) is 12.4. The van der Waals surface area contributed by atoms with Crippen LogP contribution in [0.5, 0.6) is 0 Å². The van der Waals surface area contributed by atoms with Gasteiger partial charge in [0, 0.05) is 40.9 Å². The molecule has 3 aromatic rings. The Morgan fingerprint density at radius 3 is 2.25 bits per heavy atom. The third kappa shape index (κ3) is 11.1. The highest BCUT2D eigenvalue weighted by Gasteiger charge is 2.34. The van der Waals surface area contributed by atoms with Gasteiger partial charge in [-0.3, -0.25) is 9.78 Å². The van der Waals surface area contributed by atoms with Gasteiger partial charge in [-0.05, 0) is 99.5 Å². The Balaban J connectivity index is 1.73. The largest absolute Gasteiger partial charge is 0.461 e. The van der Waals surface area contributed by atoms with E-state index < -0.39 is 29.5 Å². The predicted octanol–water partition coefficient (Wildman–Crippen LogP) is 9.32. The Morgan fingerprint density at radius 1 is 0.979 bits per heavy atom. The maximum Gasteiger partial charge on any atom is 0.338 e. The number of pyridine rings is 1. The van der Waals surface area contributed by atoms with Gasteiger partial charge < -0.3 is 14.4 Å². The fourth-order valence-corrected chi connectivity index (χ4v) is 5.94. The molecule has 0 saturated heterocycles. The molecule has 1 aromatic heterocycles. The third-order valence-electron chi connectivity index (χ3n) is 8.18. The van der Waals surface area contributed by atoms with Crippen molar-refractivity contribution in [3.63, 3.8) is 0 Å². The van der Waals surface area contributed by atoms with Crippen molar-refractivity contribution in [1.29, 1.82) is 0 Å². The normalized spacial score (nSPS) is 15.0.